The van der Waals surface area contributed by atoms with Gasteiger partial charge in [-0.25, -0.2) is 0 Å². The molecule has 0 aromatic carbocycles. The second kappa shape index (κ2) is 4.99. The molecule has 0 radical (unpaired) electrons. The van der Waals surface area contributed by atoms with Crippen LogP contribution in [-0.4, -0.2) is 16.2 Å². The summed E-state index contributed by atoms with van der Waals surface area (Å²) in [4.78, 5) is 24.1. The molecule has 0 unspecified atom stereocenters. The molecule has 0 N–H and O–H groups in total. The molecule has 0 aliphatic heterocycles. The third-order valence-electron chi connectivity index (χ3n) is 1.82. The van der Waals surface area contributed by atoms with Crippen LogP contribution in [0.3, 0.4) is 0 Å². The molecule has 0 atom stereocenters. The van der Waals surface area contributed by atoms with Gasteiger partial charge in [0.15, 0.2) is 0 Å². The number of nitro groups is 1. The molecule has 1 aromatic heterocycles. The van der Waals surface area contributed by atoms with Crippen LogP contribution in [0.2, 0.25) is 0 Å². The van der Waals surface area contributed by atoms with Crippen molar-refractivity contribution in [2.75, 3.05) is 0 Å². The molecule has 1 heterocycles. The van der Waals surface area contributed by atoms with E-state index < -0.39 is 4.92 Å². The number of rotatable bonds is 4. The van der Waals surface area contributed by atoms with Crippen molar-refractivity contribution in [3.05, 3.63) is 39.7 Å². The Kier molecular flexibility index (Phi) is 3.68. The standard InChI is InChI=1S/C10H10N2O3/c1-8-10(12(14)15)6-9(7-11-8)4-2-3-5-13/h2,4-7H,3H2,1H3. The van der Waals surface area contributed by atoms with Gasteiger partial charge < -0.3 is 4.79 Å². The minimum absolute atomic E-state index is 0.0109. The first-order chi connectivity index (χ1) is 7.15. The number of allylic oxidation sites excluding steroid dienone is 1. The van der Waals surface area contributed by atoms with Crippen LogP contribution in [0.25, 0.3) is 6.08 Å². The maximum Gasteiger partial charge on any atom is 0.291 e. The number of aromatic nitrogens is 1. The number of carbonyl (C=O) groups excluding carboxylic acids is 1. The quantitative estimate of drug-likeness (QED) is 0.428. The van der Waals surface area contributed by atoms with Gasteiger partial charge >= 0.3 is 0 Å². The maximum atomic E-state index is 10.6. The van der Waals surface area contributed by atoms with Gasteiger partial charge in [0.2, 0.25) is 0 Å². The van der Waals surface area contributed by atoms with Gasteiger partial charge in [0, 0.05) is 18.7 Å². The number of hydrogen-bond acceptors (Lipinski definition) is 4. The Balaban J connectivity index is 2.97. The van der Waals surface area contributed by atoms with Crippen LogP contribution in [0, 0.1) is 17.0 Å². The van der Waals surface area contributed by atoms with Crippen molar-refractivity contribution in [1.29, 1.82) is 0 Å². The van der Waals surface area contributed by atoms with E-state index >= 15 is 0 Å². The van der Waals surface area contributed by atoms with Crippen molar-refractivity contribution in [2.45, 2.75) is 13.3 Å². The Morgan fingerprint density at radius 3 is 2.93 bits per heavy atom. The predicted molar refractivity (Wildman–Crippen MR) is 55.3 cm³/mol. The molecule has 0 bridgehead atoms. The van der Waals surface area contributed by atoms with Crippen LogP contribution in [0.1, 0.15) is 17.7 Å². The molecule has 0 saturated heterocycles. The lowest BCUT2D eigenvalue weighted by atomic mass is 10.2. The van der Waals surface area contributed by atoms with Gasteiger partial charge in [-0.1, -0.05) is 12.2 Å². The van der Waals surface area contributed by atoms with E-state index in [1.807, 2.05) is 0 Å². The average molecular weight is 206 g/mol. The second-order valence-electron chi connectivity index (χ2n) is 2.94. The van der Waals surface area contributed by atoms with Crippen molar-refractivity contribution >= 4 is 18.0 Å². The third-order valence-corrected chi connectivity index (χ3v) is 1.82. The highest BCUT2D eigenvalue weighted by molar-refractivity contribution is 5.59. The van der Waals surface area contributed by atoms with Crippen molar-refractivity contribution in [3.8, 4) is 0 Å². The van der Waals surface area contributed by atoms with E-state index in [0.29, 0.717) is 17.7 Å². The molecule has 0 saturated carbocycles. The molecule has 0 aliphatic carbocycles. The Morgan fingerprint density at radius 2 is 2.33 bits per heavy atom. The van der Waals surface area contributed by atoms with E-state index in [2.05, 4.69) is 4.98 Å². The summed E-state index contributed by atoms with van der Waals surface area (Å²) in [5.41, 5.74) is 0.991. The molecule has 15 heavy (non-hydrogen) atoms. The van der Waals surface area contributed by atoms with Gasteiger partial charge in [-0.05, 0) is 12.5 Å². The molecule has 0 spiro atoms. The molecule has 5 nitrogen and oxygen atoms in total. The minimum Gasteiger partial charge on any atom is -0.303 e. The summed E-state index contributed by atoms with van der Waals surface area (Å²) in [7, 11) is 0. The summed E-state index contributed by atoms with van der Waals surface area (Å²) in [6, 6.07) is 1.43. The first-order valence-electron chi connectivity index (χ1n) is 4.36. The van der Waals surface area contributed by atoms with Gasteiger partial charge in [-0.2, -0.15) is 0 Å². The van der Waals surface area contributed by atoms with Crippen LogP contribution in [0.4, 0.5) is 5.69 Å². The van der Waals surface area contributed by atoms with Crippen LogP contribution in [0.5, 0.6) is 0 Å². The SMILES string of the molecule is Cc1ncc(C=CCC=O)cc1[N+](=O)[O-]. The highest BCUT2D eigenvalue weighted by Crippen LogP contribution is 2.17. The monoisotopic (exact) mass is 206 g/mol. The van der Waals surface area contributed by atoms with E-state index in [0.717, 1.165) is 6.29 Å². The molecule has 1 aromatic rings. The van der Waals surface area contributed by atoms with Crippen molar-refractivity contribution in [1.82, 2.24) is 4.98 Å². The first kappa shape index (κ1) is 11.0. The highest BCUT2D eigenvalue weighted by Gasteiger charge is 2.10. The average Bonchev–Trinajstić information content (AvgIpc) is 2.20. The van der Waals surface area contributed by atoms with Gasteiger partial charge in [0.25, 0.3) is 5.69 Å². The molecule has 0 amide bonds. The molecular formula is C10H10N2O3. The fraction of sp³-hybridized carbons (Fsp3) is 0.200. The van der Waals surface area contributed by atoms with E-state index in [-0.39, 0.29) is 5.69 Å². The highest BCUT2D eigenvalue weighted by atomic mass is 16.6. The van der Waals surface area contributed by atoms with Crippen LogP contribution in [0.15, 0.2) is 18.3 Å². The van der Waals surface area contributed by atoms with Gasteiger partial charge in [-0.15, -0.1) is 0 Å². The van der Waals surface area contributed by atoms with Crippen LogP contribution in [-0.2, 0) is 4.79 Å². The fourth-order valence-corrected chi connectivity index (χ4v) is 1.07. The Labute approximate surface area is 86.6 Å². The van der Waals surface area contributed by atoms with Crippen molar-refractivity contribution in [2.24, 2.45) is 0 Å². The van der Waals surface area contributed by atoms with Gasteiger partial charge in [0.05, 0.1) is 4.92 Å². The number of carbonyl (C=O) groups is 1. The predicted octanol–water partition coefficient (Wildman–Crippen LogP) is 1.90. The Bertz CT molecular complexity index is 413. The minimum atomic E-state index is -0.473. The molecular weight excluding hydrogens is 196 g/mol. The van der Waals surface area contributed by atoms with Gasteiger partial charge in [-0.3, -0.25) is 15.1 Å². The van der Waals surface area contributed by atoms with Crippen molar-refractivity contribution in [3.63, 3.8) is 0 Å². The lowest BCUT2D eigenvalue weighted by molar-refractivity contribution is -0.385. The van der Waals surface area contributed by atoms with Gasteiger partial charge in [0.1, 0.15) is 12.0 Å². The lowest BCUT2D eigenvalue weighted by Crippen LogP contribution is -1.94. The number of pyridine rings is 1. The summed E-state index contributed by atoms with van der Waals surface area (Å²) < 4.78 is 0. The smallest absolute Gasteiger partial charge is 0.291 e. The molecule has 0 fully saturated rings. The zero-order valence-corrected chi connectivity index (χ0v) is 8.21. The summed E-state index contributed by atoms with van der Waals surface area (Å²) in [5.74, 6) is 0. The maximum absolute atomic E-state index is 10.6. The normalized spacial score (nSPS) is 10.5. The summed E-state index contributed by atoms with van der Waals surface area (Å²) in [6.07, 6.45) is 5.84. The van der Waals surface area contributed by atoms with E-state index in [1.54, 1.807) is 19.1 Å². The number of aryl methyl sites for hydroxylation is 1. The fourth-order valence-electron chi connectivity index (χ4n) is 1.07. The topological polar surface area (TPSA) is 73.1 Å². The zero-order valence-electron chi connectivity index (χ0n) is 8.21. The summed E-state index contributed by atoms with van der Waals surface area (Å²) >= 11 is 0. The first-order valence-corrected chi connectivity index (χ1v) is 4.36. The number of nitrogens with zero attached hydrogens (tertiary/aromatic N) is 2. The number of aldehydes is 1. The molecule has 1 rings (SSSR count). The molecule has 0 aliphatic rings. The zero-order chi connectivity index (χ0) is 11.3. The largest absolute Gasteiger partial charge is 0.303 e. The van der Waals surface area contributed by atoms with E-state index in [1.165, 1.54) is 12.3 Å². The summed E-state index contributed by atoms with van der Waals surface area (Å²) in [5, 5.41) is 10.6. The third kappa shape index (κ3) is 2.98. The number of hydrogen-bond donors (Lipinski definition) is 0. The second-order valence-corrected chi connectivity index (χ2v) is 2.94. The molecule has 5 heteroatoms. The van der Waals surface area contributed by atoms with Crippen LogP contribution < -0.4 is 0 Å². The molecule has 78 valence electrons. The Hall–Kier alpha value is -2.04. The van der Waals surface area contributed by atoms with Crippen LogP contribution >= 0.6 is 0 Å². The lowest BCUT2D eigenvalue weighted by Gasteiger charge is -1.97. The summed E-state index contributed by atoms with van der Waals surface area (Å²) in [6.45, 7) is 1.58. The Morgan fingerprint density at radius 1 is 1.60 bits per heavy atom. The van der Waals surface area contributed by atoms with E-state index in [4.69, 9.17) is 0 Å². The van der Waals surface area contributed by atoms with Crippen molar-refractivity contribution < 1.29 is 9.72 Å². The van der Waals surface area contributed by atoms with E-state index in [9.17, 15) is 14.9 Å².